The lowest BCUT2D eigenvalue weighted by atomic mass is 10.4. The zero-order valence-electron chi connectivity index (χ0n) is 7.48. The number of hydrogen-bond acceptors (Lipinski definition) is 6. The Labute approximate surface area is 94.6 Å². The van der Waals surface area contributed by atoms with Gasteiger partial charge in [0.05, 0.1) is 26.4 Å². The summed E-state index contributed by atoms with van der Waals surface area (Å²) in [5, 5.41) is 48.0. The van der Waals surface area contributed by atoms with E-state index in [-0.39, 0.29) is 51.2 Å². The second-order valence-electron chi connectivity index (χ2n) is 2.04. The molecule has 0 aromatic rings. The van der Waals surface area contributed by atoms with Crippen molar-refractivity contribution in [1.29, 1.82) is 0 Å². The minimum Gasteiger partial charge on any atom is -0.394 e. The molecule has 0 saturated heterocycles. The van der Waals surface area contributed by atoms with E-state index in [0.717, 1.165) is 0 Å². The fourth-order valence-electron chi connectivity index (χ4n) is 0.115. The minimum atomic E-state index is -0.954. The van der Waals surface area contributed by atoms with Crippen LogP contribution in [-0.2, 0) is 0 Å². The van der Waals surface area contributed by atoms with Crippen LogP contribution >= 0.6 is 24.8 Å². The summed E-state index contributed by atoms with van der Waals surface area (Å²) in [6, 6.07) is 0. The van der Waals surface area contributed by atoms with Gasteiger partial charge >= 0.3 is 0 Å². The van der Waals surface area contributed by atoms with Gasteiger partial charge < -0.3 is 30.6 Å². The number of halogens is 2. The van der Waals surface area contributed by atoms with Crippen LogP contribution in [0.5, 0.6) is 0 Å². The Kier molecular flexibility index (Phi) is 32.4. The Hall–Kier alpha value is 0.340. The molecule has 0 rings (SSSR count). The summed E-state index contributed by atoms with van der Waals surface area (Å²) < 4.78 is 0. The smallest absolute Gasteiger partial charge is 0.100 e. The van der Waals surface area contributed by atoms with Gasteiger partial charge in [0, 0.05) is 0 Å². The van der Waals surface area contributed by atoms with E-state index < -0.39 is 12.2 Å². The first-order chi connectivity index (χ1) is 5.62. The third-order valence-electron chi connectivity index (χ3n) is 0.843. The van der Waals surface area contributed by atoms with Gasteiger partial charge in [-0.2, -0.15) is 0 Å². The van der Waals surface area contributed by atoms with Gasteiger partial charge in [0.25, 0.3) is 0 Å². The van der Waals surface area contributed by atoms with E-state index in [9.17, 15) is 0 Å². The molecule has 0 atom stereocenters. The van der Waals surface area contributed by atoms with Crippen LogP contribution < -0.4 is 0 Å². The van der Waals surface area contributed by atoms with Gasteiger partial charge in [-0.1, -0.05) is 0 Å². The summed E-state index contributed by atoms with van der Waals surface area (Å²) in [7, 11) is 0. The van der Waals surface area contributed by atoms with Crippen molar-refractivity contribution in [3.63, 3.8) is 0 Å². The van der Waals surface area contributed by atoms with Gasteiger partial charge in [0.15, 0.2) is 0 Å². The Morgan fingerprint density at radius 1 is 0.571 bits per heavy atom. The molecule has 0 aliphatic heterocycles. The summed E-state index contributed by atoms with van der Waals surface area (Å²) in [6.45, 7) is -1.46. The molecule has 8 heteroatoms. The number of rotatable bonds is 4. The van der Waals surface area contributed by atoms with Crippen LogP contribution in [0.2, 0.25) is 0 Å². The van der Waals surface area contributed by atoms with E-state index in [2.05, 4.69) is 0 Å². The van der Waals surface area contributed by atoms with Crippen molar-refractivity contribution in [2.45, 2.75) is 12.2 Å². The first kappa shape index (κ1) is 23.9. The van der Waals surface area contributed by atoms with Crippen LogP contribution in [-0.4, -0.2) is 69.3 Å². The van der Waals surface area contributed by atoms with Crippen LogP contribution in [0.3, 0.4) is 0 Å². The summed E-state index contributed by atoms with van der Waals surface area (Å²) in [5.74, 6) is 0. The summed E-state index contributed by atoms with van der Waals surface area (Å²) in [5.41, 5.74) is 0. The van der Waals surface area contributed by atoms with Crippen molar-refractivity contribution >= 4 is 24.8 Å². The van der Waals surface area contributed by atoms with Crippen molar-refractivity contribution in [3.05, 3.63) is 0 Å². The first-order valence-electron chi connectivity index (χ1n) is 3.41. The molecule has 0 unspecified atom stereocenters. The monoisotopic (exact) mass is 256 g/mol. The Balaban J connectivity index is -0.0000000625. The van der Waals surface area contributed by atoms with Gasteiger partial charge in [-0.15, -0.1) is 24.8 Å². The van der Waals surface area contributed by atoms with Gasteiger partial charge in [-0.3, -0.25) is 0 Å². The topological polar surface area (TPSA) is 121 Å². The maximum atomic E-state index is 8.17. The molecular formula is C6H18Cl2O6. The van der Waals surface area contributed by atoms with Crippen LogP contribution in [0.15, 0.2) is 0 Å². The quantitative estimate of drug-likeness (QED) is 0.331. The number of aliphatic hydroxyl groups excluding tert-OH is 6. The van der Waals surface area contributed by atoms with Gasteiger partial charge in [-0.25, -0.2) is 0 Å². The van der Waals surface area contributed by atoms with E-state index in [0.29, 0.717) is 0 Å². The van der Waals surface area contributed by atoms with E-state index in [1.54, 1.807) is 0 Å². The third kappa shape index (κ3) is 22.8. The highest BCUT2D eigenvalue weighted by Crippen LogP contribution is 1.72. The van der Waals surface area contributed by atoms with Gasteiger partial charge in [0.1, 0.15) is 12.2 Å². The largest absolute Gasteiger partial charge is 0.394 e. The molecule has 0 bridgehead atoms. The Morgan fingerprint density at radius 2 is 0.714 bits per heavy atom. The molecule has 0 aromatic heterocycles. The van der Waals surface area contributed by atoms with Crippen molar-refractivity contribution in [2.24, 2.45) is 0 Å². The van der Waals surface area contributed by atoms with Crippen LogP contribution in [0, 0.1) is 0 Å². The molecule has 0 aliphatic rings. The van der Waals surface area contributed by atoms with Gasteiger partial charge in [-0.05, 0) is 0 Å². The van der Waals surface area contributed by atoms with Crippen molar-refractivity contribution in [2.75, 3.05) is 26.4 Å². The third-order valence-corrected chi connectivity index (χ3v) is 0.843. The lowest BCUT2D eigenvalue weighted by Crippen LogP contribution is -2.15. The molecule has 0 amide bonds. The summed E-state index contributed by atoms with van der Waals surface area (Å²) in [6.07, 6.45) is -1.91. The molecule has 0 fully saturated rings. The molecule has 92 valence electrons. The second kappa shape index (κ2) is 19.0. The molecule has 6 N–H and O–H groups in total. The van der Waals surface area contributed by atoms with E-state index in [4.69, 9.17) is 30.6 Å². The first-order valence-corrected chi connectivity index (χ1v) is 3.41. The highest BCUT2D eigenvalue weighted by molar-refractivity contribution is 5.85. The second-order valence-corrected chi connectivity index (χ2v) is 2.04. The molecule has 0 aromatic carbocycles. The number of aliphatic hydroxyl groups is 6. The molecule has 6 nitrogen and oxygen atoms in total. The van der Waals surface area contributed by atoms with Crippen LogP contribution in [0.4, 0.5) is 0 Å². The number of hydrogen-bond donors (Lipinski definition) is 6. The summed E-state index contributed by atoms with van der Waals surface area (Å²) in [4.78, 5) is 0. The van der Waals surface area contributed by atoms with Gasteiger partial charge in [0.2, 0.25) is 0 Å². The predicted molar refractivity (Wildman–Crippen MR) is 54.9 cm³/mol. The highest BCUT2D eigenvalue weighted by Gasteiger charge is 1.94. The van der Waals surface area contributed by atoms with Crippen molar-refractivity contribution < 1.29 is 30.6 Å². The molecule has 0 heterocycles. The normalized spacial score (nSPS) is 8.57. The summed E-state index contributed by atoms with van der Waals surface area (Å²) >= 11 is 0. The molecule has 14 heavy (non-hydrogen) atoms. The SMILES string of the molecule is Cl.Cl.OCC(O)CO.OCC(O)CO. The molecular weight excluding hydrogens is 239 g/mol. The van der Waals surface area contributed by atoms with E-state index >= 15 is 0 Å². The van der Waals surface area contributed by atoms with Crippen LogP contribution in [0.25, 0.3) is 0 Å². The molecule has 0 spiro atoms. The van der Waals surface area contributed by atoms with Crippen molar-refractivity contribution in [1.82, 2.24) is 0 Å². The fourth-order valence-corrected chi connectivity index (χ4v) is 0.115. The Morgan fingerprint density at radius 3 is 0.714 bits per heavy atom. The minimum absolute atomic E-state index is 0. The highest BCUT2D eigenvalue weighted by atomic mass is 35.5. The predicted octanol–water partition coefficient (Wildman–Crippen LogP) is -2.49. The lowest BCUT2D eigenvalue weighted by Gasteiger charge is -1.96. The van der Waals surface area contributed by atoms with Crippen LogP contribution in [0.1, 0.15) is 0 Å². The van der Waals surface area contributed by atoms with E-state index in [1.165, 1.54) is 0 Å². The maximum absolute atomic E-state index is 8.17. The average molecular weight is 257 g/mol. The zero-order valence-corrected chi connectivity index (χ0v) is 9.12. The maximum Gasteiger partial charge on any atom is 0.100 e. The Bertz CT molecular complexity index is 68.7. The van der Waals surface area contributed by atoms with E-state index in [1.807, 2.05) is 0 Å². The molecule has 0 radical (unpaired) electrons. The fraction of sp³-hybridized carbons (Fsp3) is 1.00. The molecule has 0 aliphatic carbocycles. The average Bonchev–Trinajstić information content (AvgIpc) is 2.16. The lowest BCUT2D eigenvalue weighted by molar-refractivity contribution is 0.0450. The zero-order chi connectivity index (χ0) is 9.98. The van der Waals surface area contributed by atoms with Crippen molar-refractivity contribution in [3.8, 4) is 0 Å². The molecule has 0 saturated carbocycles. The standard InChI is InChI=1S/2C3H8O3.2ClH/c2*4-1-3(6)2-5;;/h2*3-6H,1-2H2;2*1H.